The van der Waals surface area contributed by atoms with Crippen molar-refractivity contribution >= 4 is 39.8 Å². The molecule has 1 aromatic rings. The average Bonchev–Trinajstić information content (AvgIpc) is 2.49. The summed E-state index contributed by atoms with van der Waals surface area (Å²) in [5, 5.41) is 6.30. The first kappa shape index (κ1) is 23.0. The molecule has 0 amide bonds. The predicted octanol–water partition coefficient (Wildman–Crippen LogP) is 2.19. The molecule has 6 nitrogen and oxygen atoms in total. The molecule has 0 aliphatic rings. The number of guanidine groups is 1. The molecule has 0 fully saturated rings. The highest BCUT2D eigenvalue weighted by molar-refractivity contribution is 14.0. The summed E-state index contributed by atoms with van der Waals surface area (Å²) < 4.78 is 27.8. The minimum absolute atomic E-state index is 0. The van der Waals surface area contributed by atoms with Crippen molar-refractivity contribution in [1.82, 2.24) is 10.6 Å². The van der Waals surface area contributed by atoms with Crippen molar-refractivity contribution in [2.24, 2.45) is 4.99 Å². The lowest BCUT2D eigenvalue weighted by molar-refractivity contribution is 0.336. The van der Waals surface area contributed by atoms with Gasteiger partial charge in [0.1, 0.15) is 15.6 Å². The molecule has 0 saturated carbocycles. The van der Waals surface area contributed by atoms with Gasteiger partial charge in [-0.05, 0) is 26.3 Å². The molecule has 8 heteroatoms. The molecule has 138 valence electrons. The number of aliphatic imine (C=N–C) groups is 1. The lowest BCUT2D eigenvalue weighted by atomic mass is 10.2. The summed E-state index contributed by atoms with van der Waals surface area (Å²) in [6.45, 7) is 6.36. The summed E-state index contributed by atoms with van der Waals surface area (Å²) in [7, 11) is -2.92. The first-order chi connectivity index (χ1) is 11.0. The monoisotopic (exact) mass is 469 g/mol. The summed E-state index contributed by atoms with van der Waals surface area (Å²) in [4.78, 5) is 4.53. The Morgan fingerprint density at radius 1 is 1.21 bits per heavy atom. The Labute approximate surface area is 162 Å². The standard InChI is InChI=1S/C16H27N3O3S.HI/c1-4-17-16(18-11-8-12-23(3,20)21)19-13-14-9-6-7-10-15(14)22-5-2;/h6-7,9-10H,4-5,8,11-13H2,1-3H3,(H2,17,18,19);1H. The van der Waals surface area contributed by atoms with E-state index in [0.29, 0.717) is 32.1 Å². The van der Waals surface area contributed by atoms with E-state index in [1.165, 1.54) is 6.26 Å². The van der Waals surface area contributed by atoms with Crippen LogP contribution in [0.4, 0.5) is 0 Å². The van der Waals surface area contributed by atoms with Crippen LogP contribution in [0.15, 0.2) is 29.3 Å². The van der Waals surface area contributed by atoms with Gasteiger partial charge in [-0.2, -0.15) is 0 Å². The molecule has 2 N–H and O–H groups in total. The molecule has 0 radical (unpaired) electrons. The van der Waals surface area contributed by atoms with Crippen molar-refractivity contribution in [1.29, 1.82) is 0 Å². The number of ether oxygens (including phenoxy) is 1. The third-order valence-corrected chi connectivity index (χ3v) is 4.04. The highest BCUT2D eigenvalue weighted by atomic mass is 127. The Kier molecular flexibility index (Phi) is 11.8. The van der Waals surface area contributed by atoms with Crippen LogP contribution in [0.5, 0.6) is 5.75 Å². The molecule has 24 heavy (non-hydrogen) atoms. The van der Waals surface area contributed by atoms with Gasteiger partial charge in [-0.25, -0.2) is 13.4 Å². The Balaban J connectivity index is 0.00000529. The van der Waals surface area contributed by atoms with E-state index in [2.05, 4.69) is 15.6 Å². The van der Waals surface area contributed by atoms with Gasteiger partial charge in [-0.1, -0.05) is 18.2 Å². The molecular formula is C16H28IN3O3S. The number of benzene rings is 1. The van der Waals surface area contributed by atoms with E-state index in [4.69, 9.17) is 4.74 Å². The second-order valence-electron chi connectivity index (χ2n) is 5.15. The number of nitrogens with one attached hydrogen (secondary N) is 2. The maximum Gasteiger partial charge on any atom is 0.191 e. The Hall–Kier alpha value is -1.03. The van der Waals surface area contributed by atoms with E-state index in [1.807, 2.05) is 38.1 Å². The van der Waals surface area contributed by atoms with Gasteiger partial charge >= 0.3 is 0 Å². The van der Waals surface area contributed by atoms with Gasteiger partial charge in [0, 0.05) is 24.9 Å². The van der Waals surface area contributed by atoms with Crippen LogP contribution in [0.2, 0.25) is 0 Å². The molecule has 0 spiro atoms. The summed E-state index contributed by atoms with van der Waals surface area (Å²) in [5.74, 6) is 1.69. The lowest BCUT2D eigenvalue weighted by Gasteiger charge is -2.12. The third-order valence-electron chi connectivity index (χ3n) is 3.01. The normalized spacial score (nSPS) is 11.5. The average molecular weight is 469 g/mol. The molecule has 0 unspecified atom stereocenters. The molecule has 1 aromatic carbocycles. The Bertz CT molecular complexity index is 606. The van der Waals surface area contributed by atoms with Crippen LogP contribution >= 0.6 is 24.0 Å². The molecule has 0 aliphatic heterocycles. The van der Waals surface area contributed by atoms with Gasteiger partial charge in [0.05, 0.1) is 18.9 Å². The largest absolute Gasteiger partial charge is 0.494 e. The maximum atomic E-state index is 11.1. The van der Waals surface area contributed by atoms with E-state index in [1.54, 1.807) is 0 Å². The van der Waals surface area contributed by atoms with E-state index >= 15 is 0 Å². The molecule has 0 bridgehead atoms. The van der Waals surface area contributed by atoms with Gasteiger partial charge in [0.15, 0.2) is 5.96 Å². The Morgan fingerprint density at radius 2 is 1.92 bits per heavy atom. The van der Waals surface area contributed by atoms with Gasteiger partial charge in [0.25, 0.3) is 0 Å². The second kappa shape index (κ2) is 12.3. The number of halogens is 1. The lowest BCUT2D eigenvalue weighted by Crippen LogP contribution is -2.38. The van der Waals surface area contributed by atoms with E-state index in [-0.39, 0.29) is 29.7 Å². The molecule has 0 aliphatic carbocycles. The zero-order chi connectivity index (χ0) is 17.1. The predicted molar refractivity (Wildman–Crippen MR) is 110 cm³/mol. The molecule has 0 aromatic heterocycles. The van der Waals surface area contributed by atoms with Gasteiger partial charge < -0.3 is 15.4 Å². The van der Waals surface area contributed by atoms with Crippen LogP contribution < -0.4 is 15.4 Å². The first-order valence-corrected chi connectivity index (χ1v) is 9.93. The van der Waals surface area contributed by atoms with E-state index in [0.717, 1.165) is 17.9 Å². The summed E-state index contributed by atoms with van der Waals surface area (Å²) in [6.07, 6.45) is 1.80. The van der Waals surface area contributed by atoms with Crippen molar-refractivity contribution in [3.63, 3.8) is 0 Å². The van der Waals surface area contributed by atoms with E-state index < -0.39 is 9.84 Å². The number of rotatable bonds is 9. The van der Waals surface area contributed by atoms with Crippen LogP contribution in [-0.2, 0) is 16.4 Å². The number of nitrogens with zero attached hydrogens (tertiary/aromatic N) is 1. The summed E-state index contributed by atoms with van der Waals surface area (Å²) >= 11 is 0. The molecular weight excluding hydrogens is 441 g/mol. The minimum atomic E-state index is -2.92. The number of para-hydroxylation sites is 1. The number of hydrogen-bond acceptors (Lipinski definition) is 4. The van der Waals surface area contributed by atoms with Crippen molar-refractivity contribution in [3.8, 4) is 5.75 Å². The fourth-order valence-electron chi connectivity index (χ4n) is 1.98. The molecule has 0 saturated heterocycles. The minimum Gasteiger partial charge on any atom is -0.494 e. The summed E-state index contributed by atoms with van der Waals surface area (Å²) in [5.41, 5.74) is 1.02. The number of sulfone groups is 1. The van der Waals surface area contributed by atoms with Crippen molar-refractivity contribution in [2.75, 3.05) is 31.7 Å². The fraction of sp³-hybridized carbons (Fsp3) is 0.562. The van der Waals surface area contributed by atoms with Gasteiger partial charge in [0.2, 0.25) is 0 Å². The zero-order valence-electron chi connectivity index (χ0n) is 14.5. The van der Waals surface area contributed by atoms with Crippen LogP contribution in [0.3, 0.4) is 0 Å². The van der Waals surface area contributed by atoms with Crippen LogP contribution in [0.25, 0.3) is 0 Å². The molecule has 0 heterocycles. The quantitative estimate of drug-likeness (QED) is 0.251. The zero-order valence-corrected chi connectivity index (χ0v) is 17.7. The second-order valence-corrected chi connectivity index (χ2v) is 7.41. The SMILES string of the molecule is CCNC(=NCc1ccccc1OCC)NCCCS(C)(=O)=O.I. The van der Waals surface area contributed by atoms with E-state index in [9.17, 15) is 8.42 Å². The number of hydrogen-bond donors (Lipinski definition) is 2. The highest BCUT2D eigenvalue weighted by Crippen LogP contribution is 2.18. The van der Waals surface area contributed by atoms with Crippen LogP contribution in [-0.4, -0.2) is 46.1 Å². The highest BCUT2D eigenvalue weighted by Gasteiger charge is 2.04. The summed E-state index contributed by atoms with van der Waals surface area (Å²) in [6, 6.07) is 7.81. The molecule has 0 atom stereocenters. The maximum absolute atomic E-state index is 11.1. The van der Waals surface area contributed by atoms with Gasteiger partial charge in [-0.15, -0.1) is 24.0 Å². The third kappa shape index (κ3) is 9.96. The molecule has 1 rings (SSSR count). The Morgan fingerprint density at radius 3 is 2.54 bits per heavy atom. The van der Waals surface area contributed by atoms with Crippen LogP contribution in [0.1, 0.15) is 25.8 Å². The topological polar surface area (TPSA) is 79.8 Å². The van der Waals surface area contributed by atoms with Crippen molar-refractivity contribution < 1.29 is 13.2 Å². The van der Waals surface area contributed by atoms with Crippen molar-refractivity contribution in [2.45, 2.75) is 26.8 Å². The first-order valence-electron chi connectivity index (χ1n) is 7.87. The fourth-order valence-corrected chi connectivity index (χ4v) is 2.65. The van der Waals surface area contributed by atoms with Crippen molar-refractivity contribution in [3.05, 3.63) is 29.8 Å². The smallest absolute Gasteiger partial charge is 0.191 e. The van der Waals surface area contributed by atoms with Gasteiger partial charge in [-0.3, -0.25) is 0 Å². The van der Waals surface area contributed by atoms with Crippen LogP contribution in [0, 0.1) is 0 Å².